The second-order valence-corrected chi connectivity index (χ2v) is 3.21. The number of hydrogen-bond acceptors (Lipinski definition) is 2. The lowest BCUT2D eigenvalue weighted by molar-refractivity contribution is 1.06. The Hall–Kier alpha value is -0.860. The highest BCUT2D eigenvalue weighted by Crippen LogP contribution is 2.19. The smallest absolute Gasteiger partial charge is 0.145 e. The Morgan fingerprint density at radius 3 is 2.47 bits per heavy atom. The summed E-state index contributed by atoms with van der Waals surface area (Å²) in [6.45, 7) is 4.00. The Balaban J connectivity index is 0.000000531. The molecule has 80 valence electrons. The minimum atomic E-state index is 0.282. The highest BCUT2D eigenvalue weighted by molar-refractivity contribution is 6.34. The van der Waals surface area contributed by atoms with Crippen LogP contribution in [-0.2, 0) is 5.88 Å². The molecule has 2 rings (SSSR count). The van der Waals surface area contributed by atoms with Crippen LogP contribution in [0.5, 0.6) is 0 Å². The molecule has 0 aliphatic rings. The largest absolute Gasteiger partial charge is 0.231 e. The maximum Gasteiger partial charge on any atom is 0.145 e. The Labute approximate surface area is 99.3 Å². The maximum absolute atomic E-state index is 5.93. The standard InChI is InChI=1S/C9H6Cl2N2.C2H6/c10-5-8-12-7-4-2-1-3-6(7)9(11)13-8;1-2/h1-4H,5H2;1-2H3. The number of alkyl halides is 1. The normalized spacial score (nSPS) is 9.60. The summed E-state index contributed by atoms with van der Waals surface area (Å²) in [5.41, 5.74) is 0.832. The first-order chi connectivity index (χ1) is 7.31. The zero-order chi connectivity index (χ0) is 11.3. The lowest BCUT2D eigenvalue weighted by Crippen LogP contribution is -1.92. The van der Waals surface area contributed by atoms with Crippen molar-refractivity contribution in [2.75, 3.05) is 0 Å². The maximum atomic E-state index is 5.93. The van der Waals surface area contributed by atoms with Crippen LogP contribution in [0.4, 0.5) is 0 Å². The SMILES string of the molecule is CC.ClCc1nc(Cl)c2ccccc2n1. The van der Waals surface area contributed by atoms with Gasteiger partial charge in [0.1, 0.15) is 11.0 Å². The van der Waals surface area contributed by atoms with Crippen LogP contribution >= 0.6 is 23.2 Å². The van der Waals surface area contributed by atoms with E-state index in [1.54, 1.807) is 0 Å². The summed E-state index contributed by atoms with van der Waals surface area (Å²) in [6, 6.07) is 7.58. The Morgan fingerprint density at radius 1 is 1.13 bits per heavy atom. The monoisotopic (exact) mass is 242 g/mol. The van der Waals surface area contributed by atoms with Gasteiger partial charge in [-0.3, -0.25) is 0 Å². The average molecular weight is 243 g/mol. The summed E-state index contributed by atoms with van der Waals surface area (Å²) >= 11 is 11.5. The zero-order valence-electron chi connectivity index (χ0n) is 8.67. The lowest BCUT2D eigenvalue weighted by atomic mass is 10.2. The van der Waals surface area contributed by atoms with Crippen LogP contribution in [0.1, 0.15) is 19.7 Å². The molecule has 0 saturated carbocycles. The van der Waals surface area contributed by atoms with E-state index in [1.165, 1.54) is 0 Å². The van der Waals surface area contributed by atoms with E-state index in [0.717, 1.165) is 10.9 Å². The van der Waals surface area contributed by atoms with Crippen LogP contribution in [0.2, 0.25) is 5.15 Å². The Bertz CT molecular complexity index is 444. The fourth-order valence-corrected chi connectivity index (χ4v) is 1.52. The summed E-state index contributed by atoms with van der Waals surface area (Å²) < 4.78 is 0. The van der Waals surface area contributed by atoms with Gasteiger partial charge in [0, 0.05) is 5.39 Å². The van der Waals surface area contributed by atoms with Crippen molar-refractivity contribution in [3.8, 4) is 0 Å². The quantitative estimate of drug-likeness (QED) is 0.557. The molecule has 0 bridgehead atoms. The summed E-state index contributed by atoms with van der Waals surface area (Å²) in [4.78, 5) is 8.27. The minimum absolute atomic E-state index is 0.282. The van der Waals surface area contributed by atoms with Crippen molar-refractivity contribution in [2.45, 2.75) is 19.7 Å². The molecular weight excluding hydrogens is 231 g/mol. The topological polar surface area (TPSA) is 25.8 Å². The van der Waals surface area contributed by atoms with Gasteiger partial charge in [0.25, 0.3) is 0 Å². The molecule has 0 radical (unpaired) electrons. The van der Waals surface area contributed by atoms with Crippen molar-refractivity contribution in [1.82, 2.24) is 9.97 Å². The third kappa shape index (κ3) is 2.80. The molecule has 0 spiro atoms. The number of aromatic nitrogens is 2. The molecule has 0 unspecified atom stereocenters. The summed E-state index contributed by atoms with van der Waals surface area (Å²) in [5.74, 6) is 0.843. The van der Waals surface area contributed by atoms with Gasteiger partial charge in [-0.15, -0.1) is 11.6 Å². The molecular formula is C11H12Cl2N2. The fraction of sp³-hybridized carbons (Fsp3) is 0.273. The van der Waals surface area contributed by atoms with Gasteiger partial charge in [0.05, 0.1) is 11.4 Å². The highest BCUT2D eigenvalue weighted by atomic mass is 35.5. The first kappa shape index (κ1) is 12.2. The number of nitrogens with zero attached hydrogens (tertiary/aromatic N) is 2. The molecule has 15 heavy (non-hydrogen) atoms. The van der Waals surface area contributed by atoms with Crippen molar-refractivity contribution in [3.63, 3.8) is 0 Å². The van der Waals surface area contributed by atoms with Crippen LogP contribution in [0.25, 0.3) is 10.9 Å². The van der Waals surface area contributed by atoms with Crippen LogP contribution < -0.4 is 0 Å². The number of benzene rings is 1. The van der Waals surface area contributed by atoms with Crippen molar-refractivity contribution in [2.24, 2.45) is 0 Å². The summed E-state index contributed by atoms with van der Waals surface area (Å²) in [7, 11) is 0. The molecule has 2 aromatic rings. The van der Waals surface area contributed by atoms with Gasteiger partial charge in [-0.05, 0) is 12.1 Å². The number of hydrogen-bond donors (Lipinski definition) is 0. The summed E-state index contributed by atoms with van der Waals surface area (Å²) in [5, 5.41) is 1.32. The first-order valence-corrected chi connectivity index (χ1v) is 5.69. The number of rotatable bonds is 1. The molecule has 0 amide bonds. The van der Waals surface area contributed by atoms with E-state index < -0.39 is 0 Å². The van der Waals surface area contributed by atoms with Gasteiger partial charge in [-0.1, -0.05) is 37.6 Å². The van der Waals surface area contributed by atoms with E-state index in [-0.39, 0.29) is 5.88 Å². The van der Waals surface area contributed by atoms with E-state index >= 15 is 0 Å². The van der Waals surface area contributed by atoms with Crippen molar-refractivity contribution in [3.05, 3.63) is 35.2 Å². The minimum Gasteiger partial charge on any atom is -0.231 e. The van der Waals surface area contributed by atoms with E-state index in [0.29, 0.717) is 11.0 Å². The lowest BCUT2D eigenvalue weighted by Gasteiger charge is -2.00. The Morgan fingerprint density at radius 2 is 1.80 bits per heavy atom. The third-order valence-electron chi connectivity index (χ3n) is 1.72. The van der Waals surface area contributed by atoms with E-state index in [1.807, 2.05) is 38.1 Å². The molecule has 0 aliphatic carbocycles. The molecule has 0 atom stereocenters. The van der Waals surface area contributed by atoms with E-state index in [4.69, 9.17) is 23.2 Å². The van der Waals surface area contributed by atoms with Crippen molar-refractivity contribution < 1.29 is 0 Å². The molecule has 1 heterocycles. The van der Waals surface area contributed by atoms with Crippen LogP contribution in [0, 0.1) is 0 Å². The molecule has 4 heteroatoms. The van der Waals surface area contributed by atoms with Gasteiger partial charge in [-0.2, -0.15) is 0 Å². The van der Waals surface area contributed by atoms with Crippen LogP contribution in [0.3, 0.4) is 0 Å². The second kappa shape index (κ2) is 5.89. The molecule has 0 N–H and O–H groups in total. The van der Waals surface area contributed by atoms with Gasteiger partial charge in [0.2, 0.25) is 0 Å². The first-order valence-electron chi connectivity index (χ1n) is 4.78. The third-order valence-corrected chi connectivity index (χ3v) is 2.25. The molecule has 0 saturated heterocycles. The average Bonchev–Trinajstić information content (AvgIpc) is 2.31. The summed E-state index contributed by atoms with van der Waals surface area (Å²) in [6.07, 6.45) is 0. The van der Waals surface area contributed by atoms with Gasteiger partial charge in [0.15, 0.2) is 0 Å². The molecule has 1 aromatic heterocycles. The highest BCUT2D eigenvalue weighted by Gasteiger charge is 2.03. The fourth-order valence-electron chi connectivity index (χ4n) is 1.14. The molecule has 0 fully saturated rings. The second-order valence-electron chi connectivity index (χ2n) is 2.58. The van der Waals surface area contributed by atoms with E-state index in [2.05, 4.69) is 9.97 Å². The number of fused-ring (bicyclic) bond motifs is 1. The molecule has 2 nitrogen and oxygen atoms in total. The van der Waals surface area contributed by atoms with Crippen LogP contribution in [0.15, 0.2) is 24.3 Å². The number of para-hydroxylation sites is 1. The van der Waals surface area contributed by atoms with Crippen LogP contribution in [-0.4, -0.2) is 9.97 Å². The molecule has 1 aromatic carbocycles. The Kier molecular flexibility index (Phi) is 4.79. The van der Waals surface area contributed by atoms with Gasteiger partial charge >= 0.3 is 0 Å². The van der Waals surface area contributed by atoms with Gasteiger partial charge in [-0.25, -0.2) is 9.97 Å². The van der Waals surface area contributed by atoms with Gasteiger partial charge < -0.3 is 0 Å². The predicted octanol–water partition coefficient (Wildman–Crippen LogP) is 4.05. The van der Waals surface area contributed by atoms with Crippen molar-refractivity contribution in [1.29, 1.82) is 0 Å². The zero-order valence-corrected chi connectivity index (χ0v) is 10.2. The number of halogens is 2. The molecule has 0 aliphatic heterocycles. The predicted molar refractivity (Wildman–Crippen MR) is 65.5 cm³/mol. The van der Waals surface area contributed by atoms with E-state index in [9.17, 15) is 0 Å². The van der Waals surface area contributed by atoms with Crippen molar-refractivity contribution >= 4 is 34.1 Å².